The van der Waals surface area contributed by atoms with Gasteiger partial charge in [0.1, 0.15) is 0 Å². The van der Waals surface area contributed by atoms with E-state index in [-0.39, 0.29) is 17.7 Å². The van der Waals surface area contributed by atoms with Crippen LogP contribution in [0.25, 0.3) is 0 Å². The number of nitrogens with zero attached hydrogens (tertiary/aromatic N) is 1. The van der Waals surface area contributed by atoms with Gasteiger partial charge in [-0.15, -0.1) is 0 Å². The van der Waals surface area contributed by atoms with E-state index in [0.29, 0.717) is 32.2 Å². The van der Waals surface area contributed by atoms with Crippen molar-refractivity contribution >= 4 is 11.9 Å². The van der Waals surface area contributed by atoms with E-state index in [1.54, 1.807) is 4.90 Å². The average Bonchev–Trinajstić information content (AvgIpc) is 2.38. The third-order valence-electron chi connectivity index (χ3n) is 4.13. The Morgan fingerprint density at radius 1 is 1.00 bits per heavy atom. The number of aliphatic carboxylic acids is 1. The van der Waals surface area contributed by atoms with Crippen molar-refractivity contribution in [1.82, 2.24) is 4.90 Å². The van der Waals surface area contributed by atoms with Crippen molar-refractivity contribution in [3.63, 3.8) is 0 Å². The van der Waals surface area contributed by atoms with Gasteiger partial charge in [-0.3, -0.25) is 9.59 Å². The summed E-state index contributed by atoms with van der Waals surface area (Å²) in [4.78, 5) is 24.8. The zero-order valence-electron chi connectivity index (χ0n) is 10.5. The van der Waals surface area contributed by atoms with E-state index in [2.05, 4.69) is 0 Å². The number of likely N-dealkylation sites (tertiary alicyclic amines) is 1. The van der Waals surface area contributed by atoms with Crippen molar-refractivity contribution < 1.29 is 19.8 Å². The third kappa shape index (κ3) is 3.02. The van der Waals surface area contributed by atoms with Gasteiger partial charge in [0.25, 0.3) is 0 Å². The summed E-state index contributed by atoms with van der Waals surface area (Å²) < 4.78 is 0. The van der Waals surface area contributed by atoms with Crippen molar-refractivity contribution in [2.75, 3.05) is 13.1 Å². The molecular formula is C13H21NO4. The fourth-order valence-corrected chi connectivity index (χ4v) is 3.00. The van der Waals surface area contributed by atoms with E-state index < -0.39 is 12.1 Å². The molecule has 2 aliphatic rings. The summed E-state index contributed by atoms with van der Waals surface area (Å²) in [5, 5.41) is 18.5. The summed E-state index contributed by atoms with van der Waals surface area (Å²) in [6.07, 6.45) is 3.78. The molecule has 0 aromatic carbocycles. The number of carbonyl (C=O) groups excluding carboxylic acids is 1. The molecular weight excluding hydrogens is 234 g/mol. The van der Waals surface area contributed by atoms with Crippen LogP contribution < -0.4 is 0 Å². The van der Waals surface area contributed by atoms with Gasteiger partial charge in [-0.25, -0.2) is 0 Å². The van der Waals surface area contributed by atoms with Gasteiger partial charge in [0.2, 0.25) is 5.91 Å². The summed E-state index contributed by atoms with van der Waals surface area (Å²) >= 11 is 0. The van der Waals surface area contributed by atoms with Gasteiger partial charge in [-0.05, 0) is 38.5 Å². The van der Waals surface area contributed by atoms with Crippen LogP contribution in [-0.2, 0) is 9.59 Å². The first-order valence-corrected chi connectivity index (χ1v) is 6.77. The second-order valence-electron chi connectivity index (χ2n) is 5.47. The summed E-state index contributed by atoms with van der Waals surface area (Å²) in [5.41, 5.74) is 0. The molecule has 5 nitrogen and oxygen atoms in total. The highest BCUT2D eigenvalue weighted by Crippen LogP contribution is 2.30. The average molecular weight is 255 g/mol. The molecule has 1 heterocycles. The topological polar surface area (TPSA) is 77.8 Å². The molecule has 1 aliphatic carbocycles. The Labute approximate surface area is 107 Å². The van der Waals surface area contributed by atoms with Gasteiger partial charge in [0.05, 0.1) is 12.0 Å². The van der Waals surface area contributed by atoms with Crippen LogP contribution in [0.5, 0.6) is 0 Å². The maximum Gasteiger partial charge on any atom is 0.306 e. The minimum Gasteiger partial charge on any atom is -0.481 e. The highest BCUT2D eigenvalue weighted by molar-refractivity contribution is 5.79. The number of carboxylic acids is 1. The summed E-state index contributed by atoms with van der Waals surface area (Å²) in [6, 6.07) is 0. The predicted molar refractivity (Wildman–Crippen MR) is 64.9 cm³/mol. The molecule has 0 spiro atoms. The van der Waals surface area contributed by atoms with Gasteiger partial charge in [0, 0.05) is 19.0 Å². The van der Waals surface area contributed by atoms with Crippen LogP contribution in [0.1, 0.15) is 38.5 Å². The number of carboxylic acid groups (broad SMARTS) is 1. The van der Waals surface area contributed by atoms with E-state index in [1.807, 2.05) is 0 Å². The standard InChI is InChI=1S/C13H21NO4/c15-11-2-1-7-14(8-11)12(16)9-3-5-10(6-4-9)13(17)18/h9-11,15H,1-8H2,(H,17,18). The highest BCUT2D eigenvalue weighted by Gasteiger charge is 2.33. The molecule has 1 saturated heterocycles. The quantitative estimate of drug-likeness (QED) is 0.767. The Bertz CT molecular complexity index is 323. The number of rotatable bonds is 2. The normalized spacial score (nSPS) is 33.2. The molecule has 2 fully saturated rings. The van der Waals surface area contributed by atoms with Crippen LogP contribution in [0.4, 0.5) is 0 Å². The number of carbonyl (C=O) groups is 2. The molecule has 1 aliphatic heterocycles. The Hall–Kier alpha value is -1.10. The minimum atomic E-state index is -0.741. The maximum absolute atomic E-state index is 12.2. The Morgan fingerprint density at radius 2 is 1.61 bits per heavy atom. The van der Waals surface area contributed by atoms with Gasteiger partial charge < -0.3 is 15.1 Å². The van der Waals surface area contributed by atoms with Crippen molar-refractivity contribution in [2.45, 2.75) is 44.6 Å². The van der Waals surface area contributed by atoms with E-state index in [0.717, 1.165) is 19.4 Å². The molecule has 2 N–H and O–H groups in total. The van der Waals surface area contributed by atoms with Gasteiger partial charge in [-0.2, -0.15) is 0 Å². The van der Waals surface area contributed by atoms with Crippen LogP contribution in [0, 0.1) is 11.8 Å². The second kappa shape index (κ2) is 5.69. The lowest BCUT2D eigenvalue weighted by atomic mass is 9.81. The van der Waals surface area contributed by atoms with E-state index in [9.17, 15) is 14.7 Å². The lowest BCUT2D eigenvalue weighted by molar-refractivity contribution is -0.146. The summed E-state index contributed by atoms with van der Waals surface area (Å²) in [6.45, 7) is 1.17. The Balaban J connectivity index is 1.85. The molecule has 102 valence electrons. The fraction of sp³-hybridized carbons (Fsp3) is 0.846. The van der Waals surface area contributed by atoms with E-state index in [1.165, 1.54) is 0 Å². The van der Waals surface area contributed by atoms with Crippen LogP contribution in [0.2, 0.25) is 0 Å². The smallest absolute Gasteiger partial charge is 0.306 e. The first-order chi connectivity index (χ1) is 8.58. The van der Waals surface area contributed by atoms with E-state index >= 15 is 0 Å². The largest absolute Gasteiger partial charge is 0.481 e. The van der Waals surface area contributed by atoms with Gasteiger partial charge in [-0.1, -0.05) is 0 Å². The summed E-state index contributed by atoms with van der Waals surface area (Å²) in [5.74, 6) is -0.946. The first-order valence-electron chi connectivity index (χ1n) is 6.77. The lowest BCUT2D eigenvalue weighted by Crippen LogP contribution is -2.45. The lowest BCUT2D eigenvalue weighted by Gasteiger charge is -2.34. The highest BCUT2D eigenvalue weighted by atomic mass is 16.4. The zero-order valence-corrected chi connectivity index (χ0v) is 10.5. The molecule has 18 heavy (non-hydrogen) atoms. The van der Waals surface area contributed by atoms with Crippen LogP contribution >= 0.6 is 0 Å². The van der Waals surface area contributed by atoms with E-state index in [4.69, 9.17) is 5.11 Å². The molecule has 1 amide bonds. The Kier molecular flexibility index (Phi) is 4.22. The number of β-amino-alcohol motifs (C(OH)–C–C–N with tert-alkyl or cyclic N) is 1. The van der Waals surface area contributed by atoms with Gasteiger partial charge in [0.15, 0.2) is 0 Å². The minimum absolute atomic E-state index is 0.0362. The maximum atomic E-state index is 12.2. The number of hydrogen-bond acceptors (Lipinski definition) is 3. The number of aliphatic hydroxyl groups is 1. The zero-order chi connectivity index (χ0) is 13.1. The molecule has 5 heteroatoms. The predicted octanol–water partition coefficient (Wildman–Crippen LogP) is 0.861. The summed E-state index contributed by atoms with van der Waals surface area (Å²) in [7, 11) is 0. The molecule has 1 saturated carbocycles. The fourth-order valence-electron chi connectivity index (χ4n) is 3.00. The monoisotopic (exact) mass is 255 g/mol. The van der Waals surface area contributed by atoms with Crippen molar-refractivity contribution in [3.8, 4) is 0 Å². The van der Waals surface area contributed by atoms with Crippen LogP contribution in [0.3, 0.4) is 0 Å². The SMILES string of the molecule is O=C(O)C1CCC(C(=O)N2CCCC(O)C2)CC1. The van der Waals surface area contributed by atoms with Crippen molar-refractivity contribution in [2.24, 2.45) is 11.8 Å². The van der Waals surface area contributed by atoms with Crippen LogP contribution in [0.15, 0.2) is 0 Å². The number of amides is 1. The molecule has 1 unspecified atom stereocenters. The first kappa shape index (κ1) is 13.3. The Morgan fingerprint density at radius 3 is 2.17 bits per heavy atom. The molecule has 0 bridgehead atoms. The van der Waals surface area contributed by atoms with Crippen molar-refractivity contribution in [1.29, 1.82) is 0 Å². The number of aliphatic hydroxyl groups excluding tert-OH is 1. The molecule has 0 aromatic rings. The molecule has 2 rings (SSSR count). The molecule has 0 aromatic heterocycles. The molecule has 0 radical (unpaired) electrons. The third-order valence-corrected chi connectivity index (χ3v) is 4.13. The van der Waals surface area contributed by atoms with Gasteiger partial charge >= 0.3 is 5.97 Å². The second-order valence-corrected chi connectivity index (χ2v) is 5.47. The molecule has 1 atom stereocenters. The van der Waals surface area contributed by atoms with Crippen LogP contribution in [-0.4, -0.2) is 46.2 Å². The number of piperidine rings is 1. The van der Waals surface area contributed by atoms with Crippen molar-refractivity contribution in [3.05, 3.63) is 0 Å². The number of hydrogen-bond donors (Lipinski definition) is 2.